The van der Waals surface area contributed by atoms with Gasteiger partial charge in [-0.05, 0) is 43.3 Å². The summed E-state index contributed by atoms with van der Waals surface area (Å²) < 4.78 is 0. The number of benzene rings is 3. The number of para-hydroxylation sites is 2. The average molecular weight is 386 g/mol. The minimum Gasteiger partial charge on any atom is -0.276 e. The second-order valence-electron chi connectivity index (χ2n) is 6.34. The molecule has 5 nitrogen and oxygen atoms in total. The molecule has 28 heavy (non-hydrogen) atoms. The number of hydrogen-bond acceptors (Lipinski definition) is 4. The minimum absolute atomic E-state index is 0.258. The van der Waals surface area contributed by atoms with Gasteiger partial charge in [0.25, 0.3) is 0 Å². The minimum atomic E-state index is -0.258. The smallest absolute Gasteiger partial charge is 0.276 e. The van der Waals surface area contributed by atoms with Gasteiger partial charge in [0, 0.05) is 0 Å². The van der Waals surface area contributed by atoms with Crippen LogP contribution < -0.4 is 15.2 Å². The van der Waals surface area contributed by atoms with Crippen molar-refractivity contribution >= 4 is 46.1 Å². The largest absolute Gasteiger partial charge is 0.340 e. The Morgan fingerprint density at radius 3 is 1.89 bits per heavy atom. The molecule has 1 saturated heterocycles. The van der Waals surface area contributed by atoms with Gasteiger partial charge in [0.2, 0.25) is 0 Å². The molecule has 6 heteroatoms. The number of hydrogen-bond donors (Lipinski definition) is 1. The molecule has 0 saturated carbocycles. The van der Waals surface area contributed by atoms with Crippen LogP contribution >= 0.6 is 12.2 Å². The third kappa shape index (κ3) is 3.37. The van der Waals surface area contributed by atoms with Crippen LogP contribution in [-0.2, 0) is 0 Å². The van der Waals surface area contributed by atoms with Crippen molar-refractivity contribution in [1.29, 1.82) is 0 Å². The molecular formula is C22H18N4OS. The first kappa shape index (κ1) is 17.9. The number of thiocarbonyl (C=S) groups is 1. The van der Waals surface area contributed by atoms with Crippen LogP contribution in [0.2, 0.25) is 0 Å². The number of aryl methyl sites for hydroxylation is 1. The van der Waals surface area contributed by atoms with E-state index in [0.717, 1.165) is 11.3 Å². The van der Waals surface area contributed by atoms with Crippen molar-refractivity contribution in [2.45, 2.75) is 6.92 Å². The maximum absolute atomic E-state index is 13.2. The van der Waals surface area contributed by atoms with Crippen LogP contribution in [0.15, 0.2) is 90.0 Å². The van der Waals surface area contributed by atoms with Gasteiger partial charge < -0.3 is 0 Å². The number of amides is 2. The van der Waals surface area contributed by atoms with Gasteiger partial charge in [-0.1, -0.05) is 66.3 Å². The topological polar surface area (TPSA) is 47.9 Å². The van der Waals surface area contributed by atoms with Crippen molar-refractivity contribution in [3.63, 3.8) is 0 Å². The van der Waals surface area contributed by atoms with E-state index >= 15 is 0 Å². The molecule has 0 radical (unpaired) electrons. The molecule has 0 spiro atoms. The third-order valence-electron chi connectivity index (χ3n) is 4.36. The summed E-state index contributed by atoms with van der Waals surface area (Å²) in [5, 5.41) is 4.48. The SMILES string of the molecule is Cc1ccc(N/N=C2\C(=S)N(c3ccccc3)C(=O)N2c2ccccc2)cc1. The van der Waals surface area contributed by atoms with Crippen molar-refractivity contribution < 1.29 is 4.79 Å². The van der Waals surface area contributed by atoms with Crippen molar-refractivity contribution in [3.05, 3.63) is 90.5 Å². The van der Waals surface area contributed by atoms with Gasteiger partial charge >= 0.3 is 6.03 Å². The molecule has 1 aliphatic heterocycles. The molecule has 1 heterocycles. The molecule has 1 fully saturated rings. The molecule has 3 aromatic rings. The Labute approximate surface area is 168 Å². The van der Waals surface area contributed by atoms with E-state index in [2.05, 4.69) is 10.5 Å². The molecular weight excluding hydrogens is 368 g/mol. The number of rotatable bonds is 4. The zero-order valence-corrected chi connectivity index (χ0v) is 16.1. The van der Waals surface area contributed by atoms with E-state index in [-0.39, 0.29) is 6.03 Å². The van der Waals surface area contributed by atoms with Gasteiger partial charge in [0.1, 0.15) is 0 Å². The predicted octanol–water partition coefficient (Wildman–Crippen LogP) is 5.19. The lowest BCUT2D eigenvalue weighted by molar-refractivity contribution is 0.257. The molecule has 1 N–H and O–H groups in total. The van der Waals surface area contributed by atoms with Crippen molar-refractivity contribution in [1.82, 2.24) is 0 Å². The number of hydrazone groups is 1. The molecule has 138 valence electrons. The summed E-state index contributed by atoms with van der Waals surface area (Å²) in [6.45, 7) is 2.02. The van der Waals surface area contributed by atoms with Gasteiger partial charge in [-0.3, -0.25) is 5.43 Å². The summed E-state index contributed by atoms with van der Waals surface area (Å²) in [7, 11) is 0. The molecule has 0 aliphatic carbocycles. The lowest BCUT2D eigenvalue weighted by atomic mass is 10.2. The monoisotopic (exact) mass is 386 g/mol. The van der Waals surface area contributed by atoms with Crippen LogP contribution in [-0.4, -0.2) is 16.9 Å². The maximum Gasteiger partial charge on any atom is 0.340 e. The maximum atomic E-state index is 13.2. The molecule has 0 aromatic heterocycles. The van der Waals surface area contributed by atoms with E-state index in [1.165, 1.54) is 9.80 Å². The molecule has 0 bridgehead atoms. The highest BCUT2D eigenvalue weighted by Crippen LogP contribution is 2.28. The molecule has 3 aromatic carbocycles. The summed E-state index contributed by atoms with van der Waals surface area (Å²) in [5.41, 5.74) is 6.41. The van der Waals surface area contributed by atoms with Crippen LogP contribution in [0.4, 0.5) is 21.9 Å². The van der Waals surface area contributed by atoms with E-state index in [1.807, 2.05) is 91.9 Å². The highest BCUT2D eigenvalue weighted by Gasteiger charge is 2.41. The first-order valence-corrected chi connectivity index (χ1v) is 9.25. The number of amidine groups is 1. The fraction of sp³-hybridized carbons (Fsp3) is 0.0455. The number of anilines is 3. The quantitative estimate of drug-likeness (QED) is 0.496. The molecule has 4 rings (SSSR count). The second kappa shape index (κ2) is 7.62. The van der Waals surface area contributed by atoms with Crippen molar-refractivity contribution in [2.75, 3.05) is 15.2 Å². The lowest BCUT2D eigenvalue weighted by Gasteiger charge is -2.17. The normalized spacial score (nSPS) is 15.4. The van der Waals surface area contributed by atoms with Crippen LogP contribution in [0.25, 0.3) is 0 Å². The zero-order valence-electron chi connectivity index (χ0n) is 15.2. The van der Waals surface area contributed by atoms with E-state index in [0.29, 0.717) is 22.2 Å². The molecule has 1 aliphatic rings. The Balaban J connectivity index is 1.74. The van der Waals surface area contributed by atoms with E-state index in [1.54, 1.807) is 0 Å². The number of nitrogens with zero attached hydrogens (tertiary/aromatic N) is 3. The summed E-state index contributed by atoms with van der Waals surface area (Å²) in [4.78, 5) is 16.6. The third-order valence-corrected chi connectivity index (χ3v) is 4.73. The van der Waals surface area contributed by atoms with Gasteiger partial charge in [0.05, 0.1) is 17.1 Å². The highest BCUT2D eigenvalue weighted by molar-refractivity contribution is 7.82. The Kier molecular flexibility index (Phi) is 4.87. The molecule has 0 unspecified atom stereocenters. The first-order chi connectivity index (χ1) is 13.6. The first-order valence-electron chi connectivity index (χ1n) is 8.84. The standard InChI is InChI=1S/C22H18N4OS/c1-16-12-14-17(15-13-16)23-24-20-21(28)26(19-10-6-3-7-11-19)22(27)25(20)18-8-4-2-5-9-18/h2-15,23H,1H3/b24-20+. The zero-order chi connectivity index (χ0) is 19.5. The highest BCUT2D eigenvalue weighted by atomic mass is 32.1. The van der Waals surface area contributed by atoms with Gasteiger partial charge in [-0.15, -0.1) is 0 Å². The number of carbonyl (C=O) groups is 1. The average Bonchev–Trinajstić information content (AvgIpc) is 2.98. The fourth-order valence-electron chi connectivity index (χ4n) is 2.93. The summed E-state index contributed by atoms with van der Waals surface area (Å²) in [6, 6.07) is 26.3. The van der Waals surface area contributed by atoms with E-state index in [4.69, 9.17) is 12.2 Å². The second-order valence-corrected chi connectivity index (χ2v) is 6.73. The van der Waals surface area contributed by atoms with E-state index in [9.17, 15) is 4.79 Å². The summed E-state index contributed by atoms with van der Waals surface area (Å²) in [6.07, 6.45) is 0. The Morgan fingerprint density at radius 1 is 0.786 bits per heavy atom. The van der Waals surface area contributed by atoms with Gasteiger partial charge in [-0.2, -0.15) is 5.10 Å². The van der Waals surface area contributed by atoms with Gasteiger partial charge in [0.15, 0.2) is 10.8 Å². The predicted molar refractivity (Wildman–Crippen MR) is 118 cm³/mol. The number of nitrogens with one attached hydrogen (secondary N) is 1. The Hall–Kier alpha value is -3.51. The van der Waals surface area contributed by atoms with Crippen LogP contribution in [0, 0.1) is 6.92 Å². The van der Waals surface area contributed by atoms with Crippen LogP contribution in [0.1, 0.15) is 5.56 Å². The number of carbonyl (C=O) groups excluding carboxylic acids is 1. The van der Waals surface area contributed by atoms with E-state index < -0.39 is 0 Å². The Bertz CT molecular complexity index is 1030. The van der Waals surface area contributed by atoms with Crippen LogP contribution in [0.3, 0.4) is 0 Å². The lowest BCUT2D eigenvalue weighted by Crippen LogP contribution is -2.33. The van der Waals surface area contributed by atoms with Gasteiger partial charge in [-0.25, -0.2) is 14.6 Å². The Morgan fingerprint density at radius 2 is 1.32 bits per heavy atom. The van der Waals surface area contributed by atoms with Crippen molar-refractivity contribution in [3.8, 4) is 0 Å². The summed E-state index contributed by atoms with van der Waals surface area (Å²) in [5.74, 6) is 0.385. The fourth-order valence-corrected chi connectivity index (χ4v) is 3.25. The van der Waals surface area contributed by atoms with Crippen molar-refractivity contribution in [2.24, 2.45) is 5.10 Å². The summed E-state index contributed by atoms with van der Waals surface area (Å²) >= 11 is 5.63. The molecule has 2 amide bonds. The molecule has 0 atom stereocenters. The van der Waals surface area contributed by atoms with Crippen LogP contribution in [0.5, 0.6) is 0 Å². The number of urea groups is 1.